The molecule has 0 bridgehead atoms. The molecule has 0 radical (unpaired) electrons. The molecule has 0 saturated heterocycles. The summed E-state index contributed by atoms with van der Waals surface area (Å²) in [5.74, 6) is 1.47. The van der Waals surface area contributed by atoms with Gasteiger partial charge < -0.3 is 14.3 Å². The third-order valence-corrected chi connectivity index (χ3v) is 5.65. The van der Waals surface area contributed by atoms with Crippen LogP contribution in [0.2, 0.25) is 0 Å². The fourth-order valence-corrected chi connectivity index (χ4v) is 3.53. The molecule has 1 N–H and O–H groups in total. The number of carboxylic acids is 1. The highest BCUT2D eigenvalue weighted by molar-refractivity contribution is 7.81. The van der Waals surface area contributed by atoms with E-state index in [1.54, 1.807) is 0 Å². The monoisotopic (exact) mass is 439 g/mol. The molecule has 0 fully saturated rings. The molecule has 0 saturated carbocycles. The highest BCUT2D eigenvalue weighted by atomic mass is 32.1. The maximum Gasteiger partial charge on any atom is 0.316 e. The number of unbranched alkanes of at least 4 members (excludes halogenated alkanes) is 2. The molecule has 0 amide bonds. The minimum atomic E-state index is -0.839. The minimum absolute atomic E-state index is 0.537. The number of benzene rings is 2. The molecule has 1 aromatic heterocycles. The summed E-state index contributed by atoms with van der Waals surface area (Å²) in [6.07, 6.45) is 5.20. The smallest absolute Gasteiger partial charge is 0.316 e. The van der Waals surface area contributed by atoms with Gasteiger partial charge in [0.05, 0.1) is 17.6 Å². The molecule has 0 aliphatic heterocycles. The molecule has 2 aromatic carbocycles. The molecule has 1 unspecified atom stereocenters. The molecule has 0 aliphatic rings. The van der Waals surface area contributed by atoms with Crippen molar-refractivity contribution in [2.75, 3.05) is 6.61 Å². The van der Waals surface area contributed by atoms with Crippen LogP contribution in [0.4, 0.5) is 0 Å². The first kappa shape index (κ1) is 22.9. The molecule has 31 heavy (non-hydrogen) atoms. The second-order valence-corrected chi connectivity index (χ2v) is 8.21. The molecule has 0 spiro atoms. The van der Waals surface area contributed by atoms with E-state index >= 15 is 0 Å². The first-order valence-corrected chi connectivity index (χ1v) is 11.2. The Kier molecular flexibility index (Phi) is 8.59. The number of carbonyl (C=O) groups is 1. The van der Waals surface area contributed by atoms with Gasteiger partial charge in [-0.15, -0.1) is 0 Å². The van der Waals surface area contributed by atoms with Crippen LogP contribution in [0.5, 0.6) is 5.75 Å². The SMILES string of the molecule is Cc1oc(-c2ccccc2)nc1CCOc1ccc(CCCCCC(S)C(=O)O)cc1. The number of rotatable bonds is 12. The lowest BCUT2D eigenvalue weighted by molar-refractivity contribution is -0.136. The third kappa shape index (κ3) is 7.17. The fourth-order valence-electron chi connectivity index (χ4n) is 3.35. The van der Waals surface area contributed by atoms with Crippen molar-refractivity contribution in [3.63, 3.8) is 0 Å². The average Bonchev–Trinajstić information content (AvgIpc) is 3.15. The summed E-state index contributed by atoms with van der Waals surface area (Å²) in [6, 6.07) is 18.0. The van der Waals surface area contributed by atoms with Crippen molar-refractivity contribution in [2.45, 2.75) is 50.7 Å². The summed E-state index contributed by atoms with van der Waals surface area (Å²) in [6.45, 7) is 2.47. The van der Waals surface area contributed by atoms with Gasteiger partial charge in [0.2, 0.25) is 5.89 Å². The highest BCUT2D eigenvalue weighted by Gasteiger charge is 2.12. The van der Waals surface area contributed by atoms with E-state index in [9.17, 15) is 4.79 Å². The van der Waals surface area contributed by atoms with Gasteiger partial charge in [0.15, 0.2) is 0 Å². The zero-order valence-corrected chi connectivity index (χ0v) is 18.7. The highest BCUT2D eigenvalue weighted by Crippen LogP contribution is 2.22. The van der Waals surface area contributed by atoms with E-state index in [0.717, 1.165) is 48.5 Å². The Labute approximate surface area is 188 Å². The predicted molar refractivity (Wildman–Crippen MR) is 125 cm³/mol. The number of ether oxygens (including phenoxy) is 1. The standard InChI is InChI=1S/C25H29NO4S/c1-18-22(26-24(30-18)20-9-5-3-6-10-20)16-17-29-21-14-12-19(13-15-21)8-4-2-7-11-23(31)25(27)28/h3,5-6,9-10,12-15,23,31H,2,4,7-8,11,16-17H2,1H3,(H,27,28). The van der Waals surface area contributed by atoms with Gasteiger partial charge in [-0.05, 0) is 56.0 Å². The van der Waals surface area contributed by atoms with Crippen molar-refractivity contribution >= 4 is 18.6 Å². The maximum absolute atomic E-state index is 10.8. The molecule has 1 heterocycles. The van der Waals surface area contributed by atoms with E-state index < -0.39 is 11.2 Å². The summed E-state index contributed by atoms with van der Waals surface area (Å²) in [4.78, 5) is 15.4. The van der Waals surface area contributed by atoms with Gasteiger partial charge in [-0.3, -0.25) is 4.79 Å². The van der Waals surface area contributed by atoms with E-state index in [1.807, 2.05) is 49.4 Å². The molecule has 1 atom stereocenters. The van der Waals surface area contributed by atoms with Gasteiger partial charge in [0.25, 0.3) is 0 Å². The second kappa shape index (κ2) is 11.6. The van der Waals surface area contributed by atoms with Crippen LogP contribution in [0.25, 0.3) is 11.5 Å². The Bertz CT molecular complexity index is 953. The molecule has 6 heteroatoms. The van der Waals surface area contributed by atoms with Crippen molar-refractivity contribution in [1.82, 2.24) is 4.98 Å². The van der Waals surface area contributed by atoms with E-state index in [4.69, 9.17) is 14.3 Å². The molecular formula is C25H29NO4S. The summed E-state index contributed by atoms with van der Waals surface area (Å²) >= 11 is 4.06. The van der Waals surface area contributed by atoms with Gasteiger partial charge in [0, 0.05) is 12.0 Å². The summed E-state index contributed by atoms with van der Waals surface area (Å²) in [7, 11) is 0. The second-order valence-electron chi connectivity index (χ2n) is 7.58. The maximum atomic E-state index is 10.8. The first-order chi connectivity index (χ1) is 15.0. The molecule has 5 nitrogen and oxygen atoms in total. The number of hydrogen-bond donors (Lipinski definition) is 2. The van der Waals surface area contributed by atoms with Crippen molar-refractivity contribution in [1.29, 1.82) is 0 Å². The first-order valence-electron chi connectivity index (χ1n) is 10.7. The molecule has 3 aromatic rings. The number of carboxylic acid groups (broad SMARTS) is 1. The van der Waals surface area contributed by atoms with Crippen LogP contribution in [-0.2, 0) is 17.6 Å². The largest absolute Gasteiger partial charge is 0.493 e. The van der Waals surface area contributed by atoms with Crippen LogP contribution >= 0.6 is 12.6 Å². The topological polar surface area (TPSA) is 72.6 Å². The van der Waals surface area contributed by atoms with Gasteiger partial charge in [-0.1, -0.05) is 43.2 Å². The van der Waals surface area contributed by atoms with Gasteiger partial charge in [-0.2, -0.15) is 12.6 Å². The van der Waals surface area contributed by atoms with Crippen LogP contribution in [0.15, 0.2) is 59.0 Å². The van der Waals surface area contributed by atoms with Gasteiger partial charge >= 0.3 is 5.97 Å². The van der Waals surface area contributed by atoms with Crippen molar-refractivity contribution in [3.05, 3.63) is 71.6 Å². The van der Waals surface area contributed by atoms with Crippen molar-refractivity contribution in [2.24, 2.45) is 0 Å². The number of aliphatic carboxylic acids is 1. The lowest BCUT2D eigenvalue weighted by Crippen LogP contribution is -2.12. The fraction of sp³-hybridized carbons (Fsp3) is 0.360. The molecule has 0 aliphatic carbocycles. The Morgan fingerprint density at radius 3 is 2.52 bits per heavy atom. The Hall–Kier alpha value is -2.73. The quantitative estimate of drug-likeness (QED) is 0.277. The Morgan fingerprint density at radius 1 is 1.06 bits per heavy atom. The molecular weight excluding hydrogens is 410 g/mol. The third-order valence-electron chi connectivity index (χ3n) is 5.17. The predicted octanol–water partition coefficient (Wildman–Crippen LogP) is 5.76. The lowest BCUT2D eigenvalue weighted by atomic mass is 10.1. The van der Waals surface area contributed by atoms with Crippen LogP contribution < -0.4 is 4.74 Å². The number of thiol groups is 1. The van der Waals surface area contributed by atoms with Crippen LogP contribution in [-0.4, -0.2) is 27.9 Å². The normalized spacial score (nSPS) is 11.9. The average molecular weight is 440 g/mol. The lowest BCUT2D eigenvalue weighted by Gasteiger charge is -2.07. The van der Waals surface area contributed by atoms with E-state index in [1.165, 1.54) is 5.56 Å². The number of nitrogens with zero attached hydrogens (tertiary/aromatic N) is 1. The van der Waals surface area contributed by atoms with Crippen molar-refractivity contribution < 1.29 is 19.1 Å². The summed E-state index contributed by atoms with van der Waals surface area (Å²) in [5, 5.41) is 8.28. The zero-order chi connectivity index (χ0) is 22.1. The summed E-state index contributed by atoms with van der Waals surface area (Å²) in [5.41, 5.74) is 3.15. The number of aryl methyl sites for hydroxylation is 2. The Balaban J connectivity index is 1.39. The minimum Gasteiger partial charge on any atom is -0.493 e. The van der Waals surface area contributed by atoms with Crippen LogP contribution in [0.1, 0.15) is 42.7 Å². The van der Waals surface area contributed by atoms with E-state index in [-0.39, 0.29) is 0 Å². The Morgan fingerprint density at radius 2 is 1.81 bits per heavy atom. The van der Waals surface area contributed by atoms with E-state index in [2.05, 4.69) is 29.7 Å². The van der Waals surface area contributed by atoms with Crippen LogP contribution in [0.3, 0.4) is 0 Å². The molecule has 3 rings (SSSR count). The van der Waals surface area contributed by atoms with Gasteiger partial charge in [-0.25, -0.2) is 4.98 Å². The number of aromatic nitrogens is 1. The zero-order valence-electron chi connectivity index (χ0n) is 17.8. The summed E-state index contributed by atoms with van der Waals surface area (Å²) < 4.78 is 11.7. The van der Waals surface area contributed by atoms with E-state index in [0.29, 0.717) is 25.3 Å². The molecule has 164 valence electrons. The van der Waals surface area contributed by atoms with Crippen LogP contribution in [0, 0.1) is 6.92 Å². The number of hydrogen-bond acceptors (Lipinski definition) is 5. The van der Waals surface area contributed by atoms with Crippen molar-refractivity contribution in [3.8, 4) is 17.2 Å². The van der Waals surface area contributed by atoms with Gasteiger partial charge in [0.1, 0.15) is 11.5 Å². The number of oxazole rings is 1.